The topological polar surface area (TPSA) is 35.2 Å². The molecule has 1 atom stereocenters. The second-order valence-electron chi connectivity index (χ2n) is 3.17. The van der Waals surface area contributed by atoms with E-state index in [2.05, 4.69) is 12.1 Å². The average Bonchev–Trinajstić information content (AvgIpc) is 2.25. The van der Waals surface area contributed by atoms with Gasteiger partial charge in [-0.05, 0) is 18.6 Å². The summed E-state index contributed by atoms with van der Waals surface area (Å²) in [5, 5.41) is 0. The molecule has 0 amide bonds. The van der Waals surface area contributed by atoms with E-state index in [1.165, 1.54) is 4.90 Å². The lowest BCUT2D eigenvalue weighted by atomic mass is 10.3. The molecule has 14 heavy (non-hydrogen) atoms. The van der Waals surface area contributed by atoms with Crippen LogP contribution >= 0.6 is 11.8 Å². The summed E-state index contributed by atoms with van der Waals surface area (Å²) in [7, 11) is 1.71. The van der Waals surface area contributed by atoms with Crippen LogP contribution in [0, 0.1) is 0 Å². The van der Waals surface area contributed by atoms with E-state index in [1.54, 1.807) is 18.9 Å². The zero-order chi connectivity index (χ0) is 10.2. The predicted molar refractivity (Wildman–Crippen MR) is 61.6 cm³/mol. The summed E-state index contributed by atoms with van der Waals surface area (Å²) in [4.78, 5) is 1.28. The van der Waals surface area contributed by atoms with Crippen LogP contribution in [0.4, 0.5) is 0 Å². The molecular weight excluding hydrogens is 194 g/mol. The third kappa shape index (κ3) is 4.65. The number of ether oxygens (including phenoxy) is 1. The Morgan fingerprint density at radius 3 is 2.71 bits per heavy atom. The molecule has 0 aliphatic heterocycles. The van der Waals surface area contributed by atoms with Crippen molar-refractivity contribution in [3.63, 3.8) is 0 Å². The van der Waals surface area contributed by atoms with E-state index in [0.717, 1.165) is 18.8 Å². The molecule has 1 aromatic carbocycles. The fourth-order valence-corrected chi connectivity index (χ4v) is 2.00. The van der Waals surface area contributed by atoms with Gasteiger partial charge in [0, 0.05) is 30.4 Å². The van der Waals surface area contributed by atoms with Crippen molar-refractivity contribution in [1.82, 2.24) is 0 Å². The third-order valence-electron chi connectivity index (χ3n) is 1.90. The number of hydrogen-bond acceptors (Lipinski definition) is 3. The molecule has 2 N–H and O–H groups in total. The first kappa shape index (κ1) is 11.6. The Labute approximate surface area is 89.8 Å². The number of hydrogen-bond donors (Lipinski definition) is 1. The molecule has 0 spiro atoms. The van der Waals surface area contributed by atoms with Crippen LogP contribution in [0.25, 0.3) is 0 Å². The van der Waals surface area contributed by atoms with Crippen molar-refractivity contribution in [2.75, 3.05) is 19.5 Å². The van der Waals surface area contributed by atoms with Gasteiger partial charge >= 0.3 is 0 Å². The Bertz CT molecular complexity index is 240. The van der Waals surface area contributed by atoms with E-state index < -0.39 is 0 Å². The van der Waals surface area contributed by atoms with E-state index in [-0.39, 0.29) is 6.04 Å². The van der Waals surface area contributed by atoms with Crippen LogP contribution in [0.5, 0.6) is 0 Å². The first-order valence-electron chi connectivity index (χ1n) is 4.75. The van der Waals surface area contributed by atoms with Crippen LogP contribution in [0.2, 0.25) is 0 Å². The van der Waals surface area contributed by atoms with Crippen LogP contribution in [-0.2, 0) is 4.74 Å². The first-order valence-corrected chi connectivity index (χ1v) is 5.74. The number of benzene rings is 1. The molecular formula is C11H17NOS. The van der Waals surface area contributed by atoms with E-state index in [1.807, 2.05) is 18.2 Å². The molecule has 0 aliphatic carbocycles. The molecule has 0 aliphatic rings. The standard InChI is InChI=1S/C11H17NOS/c1-13-8-7-10(12)9-14-11-5-3-2-4-6-11/h2-6,10H,7-9,12H2,1H3. The lowest BCUT2D eigenvalue weighted by Gasteiger charge is -2.09. The Morgan fingerprint density at radius 1 is 1.36 bits per heavy atom. The van der Waals surface area contributed by atoms with Gasteiger partial charge in [-0.25, -0.2) is 0 Å². The van der Waals surface area contributed by atoms with Gasteiger partial charge < -0.3 is 10.5 Å². The molecule has 0 saturated heterocycles. The van der Waals surface area contributed by atoms with Crippen LogP contribution in [0.15, 0.2) is 35.2 Å². The molecule has 0 radical (unpaired) electrons. The van der Waals surface area contributed by atoms with Gasteiger partial charge in [0.15, 0.2) is 0 Å². The minimum absolute atomic E-state index is 0.222. The minimum Gasteiger partial charge on any atom is -0.385 e. The summed E-state index contributed by atoms with van der Waals surface area (Å²) in [5.74, 6) is 0.952. The molecule has 3 heteroatoms. The van der Waals surface area contributed by atoms with Crippen molar-refractivity contribution in [2.24, 2.45) is 5.73 Å². The summed E-state index contributed by atoms with van der Waals surface area (Å²) in [6.07, 6.45) is 0.927. The summed E-state index contributed by atoms with van der Waals surface area (Å²) < 4.78 is 4.98. The second-order valence-corrected chi connectivity index (χ2v) is 4.26. The Balaban J connectivity index is 2.20. The maximum atomic E-state index is 5.91. The van der Waals surface area contributed by atoms with E-state index >= 15 is 0 Å². The smallest absolute Gasteiger partial charge is 0.0477 e. The largest absolute Gasteiger partial charge is 0.385 e. The van der Waals surface area contributed by atoms with Crippen LogP contribution in [0.1, 0.15) is 6.42 Å². The highest BCUT2D eigenvalue weighted by Gasteiger charge is 2.02. The highest BCUT2D eigenvalue weighted by molar-refractivity contribution is 7.99. The minimum atomic E-state index is 0.222. The average molecular weight is 211 g/mol. The van der Waals surface area contributed by atoms with Gasteiger partial charge in [0.25, 0.3) is 0 Å². The van der Waals surface area contributed by atoms with Crippen LogP contribution in [0.3, 0.4) is 0 Å². The van der Waals surface area contributed by atoms with E-state index in [9.17, 15) is 0 Å². The third-order valence-corrected chi connectivity index (χ3v) is 3.10. The van der Waals surface area contributed by atoms with Gasteiger partial charge in [-0.15, -0.1) is 11.8 Å². The quantitative estimate of drug-likeness (QED) is 0.732. The number of methoxy groups -OCH3 is 1. The lowest BCUT2D eigenvalue weighted by molar-refractivity contribution is 0.190. The van der Waals surface area contributed by atoms with Gasteiger partial charge in [0.05, 0.1) is 0 Å². The van der Waals surface area contributed by atoms with E-state index in [0.29, 0.717) is 0 Å². The molecule has 1 aromatic rings. The highest BCUT2D eigenvalue weighted by atomic mass is 32.2. The van der Waals surface area contributed by atoms with Crippen LogP contribution in [-0.4, -0.2) is 25.5 Å². The molecule has 78 valence electrons. The molecule has 1 rings (SSSR count). The molecule has 0 saturated carbocycles. The Kier molecular flexibility index (Phi) is 5.68. The van der Waals surface area contributed by atoms with E-state index in [4.69, 9.17) is 10.5 Å². The van der Waals surface area contributed by atoms with Crippen molar-refractivity contribution in [2.45, 2.75) is 17.4 Å². The summed E-state index contributed by atoms with van der Waals surface area (Å²) in [6, 6.07) is 10.5. The fourth-order valence-electron chi connectivity index (χ4n) is 1.07. The number of rotatable bonds is 6. The molecule has 0 fully saturated rings. The Hall–Kier alpha value is -0.510. The van der Waals surface area contributed by atoms with Crippen molar-refractivity contribution in [3.8, 4) is 0 Å². The van der Waals surface area contributed by atoms with Gasteiger partial charge in [0.1, 0.15) is 0 Å². The first-order chi connectivity index (χ1) is 6.83. The van der Waals surface area contributed by atoms with Crippen LogP contribution < -0.4 is 5.73 Å². The second kappa shape index (κ2) is 6.87. The zero-order valence-electron chi connectivity index (χ0n) is 8.48. The fraction of sp³-hybridized carbons (Fsp3) is 0.455. The van der Waals surface area contributed by atoms with Crippen molar-refractivity contribution in [3.05, 3.63) is 30.3 Å². The van der Waals surface area contributed by atoms with Crippen molar-refractivity contribution < 1.29 is 4.74 Å². The molecule has 2 nitrogen and oxygen atoms in total. The monoisotopic (exact) mass is 211 g/mol. The summed E-state index contributed by atoms with van der Waals surface area (Å²) in [6.45, 7) is 0.747. The Morgan fingerprint density at radius 2 is 2.07 bits per heavy atom. The highest BCUT2D eigenvalue weighted by Crippen LogP contribution is 2.17. The predicted octanol–water partition coefficient (Wildman–Crippen LogP) is 2.14. The zero-order valence-corrected chi connectivity index (χ0v) is 9.30. The SMILES string of the molecule is COCCC(N)CSc1ccccc1. The number of thioether (sulfide) groups is 1. The van der Waals surface area contributed by atoms with Crippen molar-refractivity contribution >= 4 is 11.8 Å². The maximum absolute atomic E-state index is 5.91. The van der Waals surface area contributed by atoms with Gasteiger partial charge in [-0.3, -0.25) is 0 Å². The summed E-state index contributed by atoms with van der Waals surface area (Å²) in [5.41, 5.74) is 5.91. The van der Waals surface area contributed by atoms with Gasteiger partial charge in [-0.1, -0.05) is 18.2 Å². The van der Waals surface area contributed by atoms with Crippen molar-refractivity contribution in [1.29, 1.82) is 0 Å². The molecule has 0 heterocycles. The maximum Gasteiger partial charge on any atom is 0.0477 e. The van der Waals surface area contributed by atoms with Gasteiger partial charge in [0.2, 0.25) is 0 Å². The lowest BCUT2D eigenvalue weighted by Crippen LogP contribution is -2.24. The molecule has 1 unspecified atom stereocenters. The van der Waals surface area contributed by atoms with Gasteiger partial charge in [-0.2, -0.15) is 0 Å². The normalized spacial score (nSPS) is 12.7. The number of nitrogens with two attached hydrogens (primary N) is 1. The molecule has 0 aromatic heterocycles. The molecule has 0 bridgehead atoms. The summed E-state index contributed by atoms with van der Waals surface area (Å²) >= 11 is 1.80.